The van der Waals surface area contributed by atoms with Gasteiger partial charge in [-0.05, 0) is 55.3 Å². The van der Waals surface area contributed by atoms with Gasteiger partial charge in [-0.15, -0.1) is 0 Å². The quantitative estimate of drug-likeness (QED) is 0.152. The Labute approximate surface area is 257 Å². The van der Waals surface area contributed by atoms with Crippen molar-refractivity contribution in [2.24, 2.45) is 5.73 Å². The first-order valence-electron chi connectivity index (χ1n) is 14.9. The molecule has 0 bridgehead atoms. The molecule has 1 aliphatic heterocycles. The van der Waals surface area contributed by atoms with Crippen LogP contribution in [-0.2, 0) is 27.4 Å². The van der Waals surface area contributed by atoms with E-state index >= 15 is 0 Å². The number of aromatic nitrogens is 2. The molecule has 1 amide bonds. The van der Waals surface area contributed by atoms with Gasteiger partial charge in [-0.2, -0.15) is 0 Å². The highest BCUT2D eigenvalue weighted by atomic mass is 16.7. The third kappa shape index (κ3) is 9.46. The fourth-order valence-electron chi connectivity index (χ4n) is 4.81. The van der Waals surface area contributed by atoms with Gasteiger partial charge in [0.05, 0.1) is 31.2 Å². The van der Waals surface area contributed by atoms with Crippen LogP contribution in [0.25, 0.3) is 5.69 Å². The highest BCUT2D eigenvalue weighted by molar-refractivity contribution is 5.73. The van der Waals surface area contributed by atoms with Crippen LogP contribution < -0.4 is 21.5 Å². The van der Waals surface area contributed by atoms with Crippen molar-refractivity contribution in [2.75, 3.05) is 26.3 Å². The third-order valence-corrected chi connectivity index (χ3v) is 7.13. The Kier molecular flexibility index (Phi) is 11.6. The second kappa shape index (κ2) is 15.6. The van der Waals surface area contributed by atoms with Crippen molar-refractivity contribution in [3.63, 3.8) is 0 Å². The van der Waals surface area contributed by atoms with Gasteiger partial charge < -0.3 is 35.5 Å². The van der Waals surface area contributed by atoms with E-state index in [1.165, 1.54) is 10.8 Å². The average Bonchev–Trinajstić information content (AvgIpc) is 3.27. The first kappa shape index (κ1) is 32.8. The zero-order valence-electron chi connectivity index (χ0n) is 25.4. The molecule has 2 heterocycles. The van der Waals surface area contributed by atoms with Crippen LogP contribution in [0.1, 0.15) is 68.7 Å². The molecule has 11 heteroatoms. The number of unbranched alkanes of at least 4 members (excludes halogenated alkanes) is 3. The molecule has 11 nitrogen and oxygen atoms in total. The zero-order valence-corrected chi connectivity index (χ0v) is 25.4. The zero-order chi connectivity index (χ0) is 31.5. The molecule has 2 aromatic carbocycles. The molecule has 5 N–H and O–H groups in total. The summed E-state index contributed by atoms with van der Waals surface area (Å²) in [6.07, 6.45) is 5.40. The van der Waals surface area contributed by atoms with E-state index in [0.717, 1.165) is 53.7 Å². The van der Waals surface area contributed by atoms with E-state index < -0.39 is 30.0 Å². The number of aliphatic hydroxyl groups excluding tert-OH is 1. The number of carbonyl (C=O) groups is 1. The van der Waals surface area contributed by atoms with Crippen LogP contribution in [0.15, 0.2) is 53.5 Å². The maximum atomic E-state index is 12.5. The fourth-order valence-corrected chi connectivity index (χ4v) is 4.81. The van der Waals surface area contributed by atoms with Gasteiger partial charge in [-0.3, -0.25) is 13.9 Å². The molecule has 44 heavy (non-hydrogen) atoms. The van der Waals surface area contributed by atoms with E-state index in [9.17, 15) is 19.8 Å². The van der Waals surface area contributed by atoms with E-state index in [1.807, 2.05) is 38.1 Å². The number of benzene rings is 2. The van der Waals surface area contributed by atoms with Crippen LogP contribution in [0, 0.1) is 11.8 Å². The Morgan fingerprint density at radius 3 is 2.80 bits per heavy atom. The number of carbonyl (C=O) groups excluding carboxylic acids is 1. The van der Waals surface area contributed by atoms with Gasteiger partial charge in [0, 0.05) is 44.5 Å². The second-order valence-corrected chi connectivity index (χ2v) is 11.2. The van der Waals surface area contributed by atoms with E-state index in [1.54, 1.807) is 18.2 Å². The maximum Gasteiger partial charge on any atom is 0.336 e. The van der Waals surface area contributed by atoms with Crippen molar-refractivity contribution in [1.82, 2.24) is 14.5 Å². The summed E-state index contributed by atoms with van der Waals surface area (Å²) in [5.74, 6) is 5.27. The molecular weight excluding hydrogens is 564 g/mol. The van der Waals surface area contributed by atoms with Gasteiger partial charge in [0.2, 0.25) is 17.6 Å². The predicted molar refractivity (Wildman–Crippen MR) is 165 cm³/mol. The lowest BCUT2D eigenvalue weighted by Gasteiger charge is -2.33. The van der Waals surface area contributed by atoms with E-state index in [4.69, 9.17) is 19.9 Å². The largest absolute Gasteiger partial charge is 0.493 e. The maximum absolute atomic E-state index is 12.5. The molecule has 4 rings (SSSR count). The van der Waals surface area contributed by atoms with Gasteiger partial charge in [-0.25, -0.2) is 4.79 Å². The lowest BCUT2D eigenvalue weighted by Crippen LogP contribution is -2.35. The van der Waals surface area contributed by atoms with Crippen LogP contribution in [0.4, 0.5) is 0 Å². The number of aliphatic hydroxyl groups is 1. The number of imidazole rings is 1. The van der Waals surface area contributed by atoms with Crippen molar-refractivity contribution < 1.29 is 29.2 Å². The van der Waals surface area contributed by atoms with Crippen molar-refractivity contribution in [1.29, 1.82) is 0 Å². The SMILES string of the molecule is CC1(C)OCc2cc([C@@H](O)CNCCCCCCOCCC#Cc3cccc(-n4cc(O)n(CC(N)=O)c4=O)c3)ccc2O1. The average molecular weight is 607 g/mol. The molecule has 0 fully saturated rings. The summed E-state index contributed by atoms with van der Waals surface area (Å²) in [7, 11) is 0. The van der Waals surface area contributed by atoms with Gasteiger partial charge in [0.25, 0.3) is 0 Å². The van der Waals surface area contributed by atoms with E-state index in [-0.39, 0.29) is 5.88 Å². The first-order valence-corrected chi connectivity index (χ1v) is 14.9. The summed E-state index contributed by atoms with van der Waals surface area (Å²) in [6, 6.07) is 12.8. The van der Waals surface area contributed by atoms with Crippen molar-refractivity contribution >= 4 is 5.91 Å². The molecule has 0 radical (unpaired) electrons. The van der Waals surface area contributed by atoms with Gasteiger partial charge >= 0.3 is 5.69 Å². The number of nitrogens with zero attached hydrogens (tertiary/aromatic N) is 2. The minimum absolute atomic E-state index is 0.340. The Morgan fingerprint density at radius 1 is 1.16 bits per heavy atom. The molecule has 0 spiro atoms. The molecule has 0 saturated heterocycles. The number of amides is 1. The monoisotopic (exact) mass is 606 g/mol. The standard InChI is InChI=1S/C33H42N4O7/c1-33(2)43-23-26-19-25(13-14-29(26)44-33)28(38)20-35-15-6-3-4-7-16-42-17-8-5-10-24-11-9-12-27(18-24)36-22-31(40)37(32(36)41)21-30(34)39/h9,11-14,18-19,22,28,35,38,40H,3-4,6-8,15-17,20-21,23H2,1-2H3,(H2,34,39)/t28-/m0/s1. The highest BCUT2D eigenvalue weighted by Crippen LogP contribution is 2.32. The number of aromatic hydroxyl groups is 1. The predicted octanol–water partition coefficient (Wildman–Crippen LogP) is 3.12. The molecule has 236 valence electrons. The molecule has 0 unspecified atom stereocenters. The number of fused-ring (bicyclic) bond motifs is 1. The summed E-state index contributed by atoms with van der Waals surface area (Å²) in [5, 5.41) is 23.9. The molecule has 0 saturated carbocycles. The molecule has 1 atom stereocenters. The number of hydrogen-bond acceptors (Lipinski definition) is 8. The van der Waals surface area contributed by atoms with Crippen LogP contribution in [0.5, 0.6) is 11.6 Å². The molecule has 0 aliphatic carbocycles. The van der Waals surface area contributed by atoms with E-state index in [2.05, 4.69) is 17.2 Å². The fraction of sp³-hybridized carbons (Fsp3) is 0.455. The minimum atomic E-state index is -0.721. The minimum Gasteiger partial charge on any atom is -0.493 e. The number of ether oxygens (including phenoxy) is 3. The van der Waals surface area contributed by atoms with Crippen LogP contribution >= 0.6 is 0 Å². The van der Waals surface area contributed by atoms with Crippen molar-refractivity contribution in [3.05, 3.63) is 75.8 Å². The second-order valence-electron chi connectivity index (χ2n) is 11.2. The number of rotatable bonds is 15. The summed E-state index contributed by atoms with van der Waals surface area (Å²) < 4.78 is 19.4. The number of primary amides is 1. The number of hydrogen-bond donors (Lipinski definition) is 4. The first-order chi connectivity index (χ1) is 21.1. The normalized spacial score (nSPS) is 14.2. The molecular formula is C33H42N4O7. The summed E-state index contributed by atoms with van der Waals surface area (Å²) >= 11 is 0. The number of nitrogens with two attached hydrogens (primary N) is 1. The third-order valence-electron chi connectivity index (χ3n) is 7.13. The Morgan fingerprint density at radius 2 is 1.98 bits per heavy atom. The highest BCUT2D eigenvalue weighted by Gasteiger charge is 2.27. The number of nitrogens with one attached hydrogen (secondary N) is 1. The Balaban J connectivity index is 1.05. The van der Waals surface area contributed by atoms with Gasteiger partial charge in [0.15, 0.2) is 0 Å². The van der Waals surface area contributed by atoms with Crippen molar-refractivity contribution in [3.8, 4) is 29.2 Å². The summed E-state index contributed by atoms with van der Waals surface area (Å²) in [5.41, 5.74) is 7.63. The van der Waals surface area contributed by atoms with Gasteiger partial charge in [0.1, 0.15) is 12.3 Å². The van der Waals surface area contributed by atoms with Crippen LogP contribution in [0.2, 0.25) is 0 Å². The molecule has 3 aromatic rings. The molecule has 1 aromatic heterocycles. The van der Waals surface area contributed by atoms with Crippen LogP contribution in [0.3, 0.4) is 0 Å². The van der Waals surface area contributed by atoms with Crippen molar-refractivity contribution in [2.45, 2.75) is 71.0 Å². The van der Waals surface area contributed by atoms with Crippen LogP contribution in [-0.4, -0.2) is 57.3 Å². The lowest BCUT2D eigenvalue weighted by molar-refractivity contribution is -0.180. The lowest BCUT2D eigenvalue weighted by atomic mass is 10.0. The van der Waals surface area contributed by atoms with E-state index in [0.29, 0.717) is 44.0 Å². The Bertz CT molecular complexity index is 1530. The smallest absolute Gasteiger partial charge is 0.336 e. The van der Waals surface area contributed by atoms with Gasteiger partial charge in [-0.1, -0.05) is 36.8 Å². The summed E-state index contributed by atoms with van der Waals surface area (Å²) in [6.45, 7) is 6.39. The molecule has 1 aliphatic rings. The Hall–Kier alpha value is -4.08. The topological polar surface area (TPSA) is 150 Å². The summed E-state index contributed by atoms with van der Waals surface area (Å²) in [4.78, 5) is 23.7.